The monoisotopic (exact) mass is 717 g/mol. The molecule has 0 fully saturated rings. The molecule has 0 atom stereocenters. The molecule has 2 heterocycles. The van der Waals surface area contributed by atoms with Crippen LogP contribution in [0, 0.1) is 6.92 Å². The molecular formula is C52H35N3O. The van der Waals surface area contributed by atoms with Gasteiger partial charge in [-0.15, -0.1) is 0 Å². The van der Waals surface area contributed by atoms with E-state index in [2.05, 4.69) is 159 Å². The third-order valence-electron chi connectivity index (χ3n) is 10.5. The lowest BCUT2D eigenvalue weighted by Crippen LogP contribution is -2.01. The maximum atomic E-state index is 6.88. The fourth-order valence-corrected chi connectivity index (χ4v) is 7.72. The molecule has 4 nitrogen and oxygen atoms in total. The maximum Gasteiger partial charge on any atom is 0.164 e. The van der Waals surface area contributed by atoms with Crippen molar-refractivity contribution in [2.24, 2.45) is 0 Å². The highest BCUT2D eigenvalue weighted by molar-refractivity contribution is 6.17. The summed E-state index contributed by atoms with van der Waals surface area (Å²) in [6, 6.07) is 67.3. The van der Waals surface area contributed by atoms with Crippen LogP contribution in [0.5, 0.6) is 0 Å². The normalized spacial score (nSPS) is 11.3. The maximum absolute atomic E-state index is 6.88. The molecule has 0 bridgehead atoms. The molecule has 0 unspecified atom stereocenters. The van der Waals surface area contributed by atoms with Crippen LogP contribution in [0.15, 0.2) is 199 Å². The Balaban J connectivity index is 1.16. The number of rotatable bonds is 7. The van der Waals surface area contributed by atoms with E-state index in [-0.39, 0.29) is 0 Å². The summed E-state index contributed by atoms with van der Waals surface area (Å²) in [7, 11) is 0. The minimum Gasteiger partial charge on any atom is -0.455 e. The first-order valence-electron chi connectivity index (χ1n) is 18.9. The Morgan fingerprint density at radius 2 is 0.821 bits per heavy atom. The molecule has 0 N–H and O–H groups in total. The highest BCUT2D eigenvalue weighted by atomic mass is 16.3. The molecule has 0 amide bonds. The number of aryl methyl sites for hydroxylation is 1. The minimum absolute atomic E-state index is 0.578. The highest BCUT2D eigenvalue weighted by Gasteiger charge is 2.22. The van der Waals surface area contributed by atoms with Gasteiger partial charge in [-0.2, -0.15) is 0 Å². The van der Waals surface area contributed by atoms with Crippen LogP contribution < -0.4 is 0 Å². The lowest BCUT2D eigenvalue weighted by molar-refractivity contribution is 0.670. The molecule has 0 aliphatic rings. The first kappa shape index (κ1) is 33.2. The van der Waals surface area contributed by atoms with Crippen LogP contribution >= 0.6 is 0 Å². The SMILES string of the molecule is Cc1ccccc1-c1ccc(-c2nc(-c3ccccc3)nc(-c3ccc4c(oc5cccc(-c6ccc(-c7ccccc7)cc6)c54)c3-c3ccccc3)n2)cc1. The summed E-state index contributed by atoms with van der Waals surface area (Å²) in [5.74, 6) is 1.79. The van der Waals surface area contributed by atoms with Crippen molar-refractivity contribution in [1.82, 2.24) is 15.0 Å². The van der Waals surface area contributed by atoms with Crippen molar-refractivity contribution >= 4 is 21.9 Å². The smallest absolute Gasteiger partial charge is 0.164 e. The Kier molecular flexibility index (Phi) is 8.34. The Morgan fingerprint density at radius 3 is 1.48 bits per heavy atom. The second-order valence-electron chi connectivity index (χ2n) is 14.0. The van der Waals surface area contributed by atoms with Gasteiger partial charge in [-0.25, -0.2) is 15.0 Å². The summed E-state index contributed by atoms with van der Waals surface area (Å²) in [6.45, 7) is 2.14. The van der Waals surface area contributed by atoms with Gasteiger partial charge in [0.1, 0.15) is 11.2 Å². The van der Waals surface area contributed by atoms with E-state index in [0.29, 0.717) is 17.5 Å². The first-order chi connectivity index (χ1) is 27.7. The predicted octanol–water partition coefficient (Wildman–Crippen LogP) is 13.7. The molecule has 2 aromatic heterocycles. The Bertz CT molecular complexity index is 2990. The first-order valence-corrected chi connectivity index (χ1v) is 18.9. The zero-order chi connectivity index (χ0) is 37.4. The molecule has 56 heavy (non-hydrogen) atoms. The van der Waals surface area contributed by atoms with Crippen molar-refractivity contribution in [3.63, 3.8) is 0 Å². The molecular weight excluding hydrogens is 683 g/mol. The average Bonchev–Trinajstić information content (AvgIpc) is 3.66. The highest BCUT2D eigenvalue weighted by Crippen LogP contribution is 2.44. The number of fused-ring (bicyclic) bond motifs is 3. The van der Waals surface area contributed by atoms with Crippen molar-refractivity contribution < 1.29 is 4.42 Å². The lowest BCUT2D eigenvalue weighted by Gasteiger charge is -2.13. The van der Waals surface area contributed by atoms with Gasteiger partial charge in [-0.3, -0.25) is 0 Å². The zero-order valence-corrected chi connectivity index (χ0v) is 30.7. The molecule has 0 radical (unpaired) electrons. The Morgan fingerprint density at radius 1 is 0.339 bits per heavy atom. The quantitative estimate of drug-likeness (QED) is 0.165. The van der Waals surface area contributed by atoms with E-state index < -0.39 is 0 Å². The third kappa shape index (κ3) is 6.04. The molecule has 0 spiro atoms. The zero-order valence-electron chi connectivity index (χ0n) is 30.7. The molecule has 264 valence electrons. The van der Waals surface area contributed by atoms with Crippen molar-refractivity contribution in [3.8, 4) is 78.7 Å². The van der Waals surface area contributed by atoms with E-state index in [1.54, 1.807) is 0 Å². The van der Waals surface area contributed by atoms with Crippen LogP contribution in [0.1, 0.15) is 5.56 Å². The predicted molar refractivity (Wildman–Crippen MR) is 230 cm³/mol. The van der Waals surface area contributed by atoms with Gasteiger partial charge in [0.15, 0.2) is 17.5 Å². The third-order valence-corrected chi connectivity index (χ3v) is 10.5. The number of hydrogen-bond donors (Lipinski definition) is 0. The van der Waals surface area contributed by atoms with Gasteiger partial charge in [0.05, 0.1) is 0 Å². The number of furan rings is 1. The summed E-state index contributed by atoms with van der Waals surface area (Å²) in [5, 5.41) is 2.11. The van der Waals surface area contributed by atoms with Crippen LogP contribution in [0.2, 0.25) is 0 Å². The number of hydrogen-bond acceptors (Lipinski definition) is 4. The van der Waals surface area contributed by atoms with Crippen LogP contribution in [0.25, 0.3) is 101 Å². The summed E-state index contributed by atoms with van der Waals surface area (Å²) in [6.07, 6.45) is 0. The minimum atomic E-state index is 0.578. The lowest BCUT2D eigenvalue weighted by atomic mass is 9.93. The molecule has 10 rings (SSSR count). The molecule has 0 aliphatic carbocycles. The van der Waals surface area contributed by atoms with E-state index in [1.165, 1.54) is 22.3 Å². The fraction of sp³-hybridized carbons (Fsp3) is 0.0192. The van der Waals surface area contributed by atoms with Gasteiger partial charge >= 0.3 is 0 Å². The molecule has 0 saturated carbocycles. The van der Waals surface area contributed by atoms with Gasteiger partial charge in [0.2, 0.25) is 0 Å². The molecule has 0 saturated heterocycles. The number of aromatic nitrogens is 3. The summed E-state index contributed by atoms with van der Waals surface area (Å²) >= 11 is 0. The standard InChI is InChI=1S/C52H35N3O/c1-34-14-11-12-21-42(34)37-28-30-41(31-29-37)51-53-50(40-19-9-4-10-20-40)54-52(55-51)45-33-32-44-48-43(38-26-24-36(25-27-38)35-15-5-2-6-16-35)22-13-23-46(48)56-49(44)47(45)39-17-7-3-8-18-39/h2-33H,1H3. The second kappa shape index (κ2) is 14.1. The summed E-state index contributed by atoms with van der Waals surface area (Å²) in [5.41, 5.74) is 14.5. The number of nitrogens with zero attached hydrogens (tertiary/aromatic N) is 3. The van der Waals surface area contributed by atoms with Gasteiger partial charge in [0.25, 0.3) is 0 Å². The second-order valence-corrected chi connectivity index (χ2v) is 14.0. The van der Waals surface area contributed by atoms with Crippen molar-refractivity contribution in [1.29, 1.82) is 0 Å². The van der Waals surface area contributed by atoms with E-state index in [1.807, 2.05) is 42.5 Å². The van der Waals surface area contributed by atoms with Gasteiger partial charge < -0.3 is 4.42 Å². The van der Waals surface area contributed by atoms with Gasteiger partial charge in [-0.1, -0.05) is 176 Å². The Labute approximate surface area is 325 Å². The topological polar surface area (TPSA) is 51.8 Å². The molecule has 4 heteroatoms. The fourth-order valence-electron chi connectivity index (χ4n) is 7.72. The van der Waals surface area contributed by atoms with Crippen molar-refractivity contribution in [2.75, 3.05) is 0 Å². The Hall–Kier alpha value is -7.43. The van der Waals surface area contributed by atoms with E-state index >= 15 is 0 Å². The summed E-state index contributed by atoms with van der Waals surface area (Å²) < 4.78 is 6.88. The van der Waals surface area contributed by atoms with E-state index in [9.17, 15) is 0 Å². The number of benzene rings is 8. The van der Waals surface area contributed by atoms with Crippen LogP contribution in [0.4, 0.5) is 0 Å². The van der Waals surface area contributed by atoms with E-state index in [0.717, 1.165) is 66.4 Å². The van der Waals surface area contributed by atoms with Crippen LogP contribution in [0.3, 0.4) is 0 Å². The summed E-state index contributed by atoms with van der Waals surface area (Å²) in [4.78, 5) is 15.4. The molecule has 0 aliphatic heterocycles. The van der Waals surface area contributed by atoms with Crippen molar-refractivity contribution in [3.05, 3.63) is 200 Å². The van der Waals surface area contributed by atoms with Gasteiger partial charge in [-0.05, 0) is 69.6 Å². The van der Waals surface area contributed by atoms with Crippen molar-refractivity contribution in [2.45, 2.75) is 6.92 Å². The molecule has 10 aromatic rings. The molecule has 8 aromatic carbocycles. The van der Waals surface area contributed by atoms with E-state index in [4.69, 9.17) is 19.4 Å². The average molecular weight is 718 g/mol. The van der Waals surface area contributed by atoms with Crippen LogP contribution in [-0.2, 0) is 0 Å². The van der Waals surface area contributed by atoms with Crippen LogP contribution in [-0.4, -0.2) is 15.0 Å². The van der Waals surface area contributed by atoms with Gasteiger partial charge in [0, 0.05) is 33.0 Å². The largest absolute Gasteiger partial charge is 0.455 e.